The standard InChI is InChI=1S/C10H20O5Si/c1-5-6-10(15-8-9-7-14-9)16(11-2,12-3)13-4/h5-6,9-10H,7-8H2,1-4H3. The Morgan fingerprint density at radius 2 is 1.88 bits per heavy atom. The minimum atomic E-state index is -2.77. The van der Waals surface area contributed by atoms with E-state index in [4.69, 9.17) is 22.8 Å². The van der Waals surface area contributed by atoms with Gasteiger partial charge in [-0.3, -0.25) is 0 Å². The van der Waals surface area contributed by atoms with Crippen molar-refractivity contribution < 1.29 is 22.8 Å². The van der Waals surface area contributed by atoms with Crippen LogP contribution in [-0.2, 0) is 22.8 Å². The van der Waals surface area contributed by atoms with Crippen molar-refractivity contribution in [1.29, 1.82) is 0 Å². The molecule has 0 N–H and O–H groups in total. The fourth-order valence-electron chi connectivity index (χ4n) is 1.42. The number of epoxide rings is 1. The van der Waals surface area contributed by atoms with Gasteiger partial charge in [0.15, 0.2) is 0 Å². The van der Waals surface area contributed by atoms with E-state index in [1.807, 2.05) is 19.1 Å². The molecule has 94 valence electrons. The molecule has 2 atom stereocenters. The van der Waals surface area contributed by atoms with Crippen molar-refractivity contribution in [2.24, 2.45) is 0 Å². The number of rotatable bonds is 8. The van der Waals surface area contributed by atoms with Crippen LogP contribution in [-0.4, -0.2) is 55.2 Å². The van der Waals surface area contributed by atoms with Crippen LogP contribution in [0.4, 0.5) is 0 Å². The van der Waals surface area contributed by atoms with E-state index in [0.29, 0.717) is 6.61 Å². The summed E-state index contributed by atoms with van der Waals surface area (Å²) in [6.07, 6.45) is 4.01. The second kappa shape index (κ2) is 6.48. The van der Waals surface area contributed by atoms with E-state index in [1.54, 1.807) is 21.3 Å². The lowest BCUT2D eigenvalue weighted by atomic mass is 10.5. The molecule has 0 aromatic heterocycles. The molecule has 1 rings (SSSR count). The van der Waals surface area contributed by atoms with Crippen molar-refractivity contribution in [3.8, 4) is 0 Å². The molecule has 16 heavy (non-hydrogen) atoms. The predicted octanol–water partition coefficient (Wildman–Crippen LogP) is 0.764. The average molecular weight is 248 g/mol. The van der Waals surface area contributed by atoms with Gasteiger partial charge in [-0.2, -0.15) is 0 Å². The van der Waals surface area contributed by atoms with Crippen molar-refractivity contribution in [3.63, 3.8) is 0 Å². The Bertz CT molecular complexity index is 217. The molecule has 1 fully saturated rings. The minimum Gasteiger partial charge on any atom is -0.375 e. The van der Waals surface area contributed by atoms with Crippen LogP contribution in [0.5, 0.6) is 0 Å². The third-order valence-corrected chi connectivity index (χ3v) is 5.20. The van der Waals surface area contributed by atoms with Crippen LogP contribution in [0.1, 0.15) is 6.92 Å². The zero-order valence-electron chi connectivity index (χ0n) is 10.3. The van der Waals surface area contributed by atoms with Crippen LogP contribution < -0.4 is 0 Å². The third-order valence-electron chi connectivity index (χ3n) is 2.43. The predicted molar refractivity (Wildman–Crippen MR) is 61.1 cm³/mol. The van der Waals surface area contributed by atoms with E-state index in [0.717, 1.165) is 6.61 Å². The van der Waals surface area contributed by atoms with Crippen LogP contribution in [0.2, 0.25) is 0 Å². The molecule has 1 saturated heterocycles. The molecule has 0 aromatic rings. The Labute approximate surface area is 97.6 Å². The van der Waals surface area contributed by atoms with Gasteiger partial charge in [-0.1, -0.05) is 12.2 Å². The van der Waals surface area contributed by atoms with Crippen molar-refractivity contribution >= 4 is 8.80 Å². The van der Waals surface area contributed by atoms with Gasteiger partial charge in [-0.15, -0.1) is 0 Å². The molecule has 0 radical (unpaired) electrons. The number of ether oxygens (including phenoxy) is 2. The molecule has 1 heterocycles. The summed E-state index contributed by atoms with van der Waals surface area (Å²) < 4.78 is 27.0. The smallest absolute Gasteiger partial charge is 0.375 e. The molecule has 5 nitrogen and oxygen atoms in total. The quantitative estimate of drug-likeness (QED) is 0.361. The zero-order valence-corrected chi connectivity index (χ0v) is 11.3. The van der Waals surface area contributed by atoms with Gasteiger partial charge in [-0.25, -0.2) is 0 Å². The highest BCUT2D eigenvalue weighted by molar-refractivity contribution is 6.62. The fourth-order valence-corrected chi connectivity index (χ4v) is 3.35. The molecule has 0 bridgehead atoms. The van der Waals surface area contributed by atoms with Crippen molar-refractivity contribution in [2.75, 3.05) is 34.5 Å². The first kappa shape index (κ1) is 13.8. The van der Waals surface area contributed by atoms with Gasteiger partial charge in [0.25, 0.3) is 0 Å². The van der Waals surface area contributed by atoms with E-state index in [9.17, 15) is 0 Å². The van der Waals surface area contributed by atoms with Gasteiger partial charge in [0.1, 0.15) is 11.8 Å². The van der Waals surface area contributed by atoms with Crippen LogP contribution >= 0.6 is 0 Å². The molecule has 0 saturated carbocycles. The highest BCUT2D eigenvalue weighted by Gasteiger charge is 2.48. The lowest BCUT2D eigenvalue weighted by molar-refractivity contribution is 0.0278. The molecule has 6 heteroatoms. The molecule has 0 spiro atoms. The maximum absolute atomic E-state index is 5.72. The third kappa shape index (κ3) is 3.37. The van der Waals surface area contributed by atoms with Crippen LogP contribution in [0, 0.1) is 0 Å². The largest absolute Gasteiger partial charge is 0.534 e. The van der Waals surface area contributed by atoms with Gasteiger partial charge in [-0.05, 0) is 6.92 Å². The van der Waals surface area contributed by atoms with Gasteiger partial charge >= 0.3 is 8.80 Å². The molecule has 0 aromatic carbocycles. The highest BCUT2D eigenvalue weighted by Crippen LogP contribution is 2.19. The second-order valence-electron chi connectivity index (χ2n) is 3.45. The average Bonchev–Trinajstić information content (AvgIpc) is 3.12. The first-order chi connectivity index (χ1) is 7.72. The molecule has 0 aliphatic carbocycles. The van der Waals surface area contributed by atoms with Crippen molar-refractivity contribution in [3.05, 3.63) is 12.2 Å². The van der Waals surface area contributed by atoms with E-state index in [1.165, 1.54) is 0 Å². The van der Waals surface area contributed by atoms with E-state index in [-0.39, 0.29) is 11.8 Å². The summed E-state index contributed by atoms with van der Waals surface area (Å²) in [6, 6.07) is 0. The zero-order chi connectivity index (χ0) is 12.0. The number of hydrogen-bond acceptors (Lipinski definition) is 5. The molecule has 1 aliphatic heterocycles. The van der Waals surface area contributed by atoms with E-state index < -0.39 is 8.80 Å². The monoisotopic (exact) mass is 248 g/mol. The lowest BCUT2D eigenvalue weighted by Crippen LogP contribution is -2.55. The summed E-state index contributed by atoms with van der Waals surface area (Å²) in [7, 11) is 1.96. The van der Waals surface area contributed by atoms with E-state index >= 15 is 0 Å². The molecule has 1 aliphatic rings. The Morgan fingerprint density at radius 1 is 1.31 bits per heavy atom. The maximum Gasteiger partial charge on any atom is 0.534 e. The number of allylic oxidation sites excluding steroid dienone is 1. The number of hydrogen-bond donors (Lipinski definition) is 0. The normalized spacial score (nSPS) is 22.6. The first-order valence-corrected chi connectivity index (χ1v) is 7.04. The Morgan fingerprint density at radius 3 is 2.25 bits per heavy atom. The summed E-state index contributed by atoms with van der Waals surface area (Å²) in [4.78, 5) is 0. The minimum absolute atomic E-state index is 0.213. The van der Waals surface area contributed by atoms with Gasteiger partial charge < -0.3 is 22.8 Å². The first-order valence-electron chi connectivity index (χ1n) is 5.24. The van der Waals surface area contributed by atoms with Crippen molar-refractivity contribution in [2.45, 2.75) is 18.8 Å². The van der Waals surface area contributed by atoms with Crippen LogP contribution in [0.3, 0.4) is 0 Å². The molecule has 2 unspecified atom stereocenters. The summed E-state index contributed by atoms with van der Waals surface area (Å²) in [6.45, 7) is 3.23. The molecular formula is C10H20O5Si. The summed E-state index contributed by atoms with van der Waals surface area (Å²) in [5.74, 6) is 0. The van der Waals surface area contributed by atoms with Crippen LogP contribution in [0.15, 0.2) is 12.2 Å². The Hall–Kier alpha value is -0.243. The van der Waals surface area contributed by atoms with Crippen molar-refractivity contribution in [1.82, 2.24) is 0 Å². The van der Waals surface area contributed by atoms with Gasteiger partial charge in [0.05, 0.1) is 13.2 Å². The Kier molecular flexibility index (Phi) is 5.60. The van der Waals surface area contributed by atoms with Crippen LogP contribution in [0.25, 0.3) is 0 Å². The summed E-state index contributed by atoms with van der Waals surface area (Å²) >= 11 is 0. The summed E-state index contributed by atoms with van der Waals surface area (Å²) in [5, 5.41) is 0. The summed E-state index contributed by atoms with van der Waals surface area (Å²) in [5.41, 5.74) is -0.290. The molecular weight excluding hydrogens is 228 g/mol. The molecule has 0 amide bonds. The van der Waals surface area contributed by atoms with Gasteiger partial charge in [0.2, 0.25) is 0 Å². The maximum atomic E-state index is 5.72. The van der Waals surface area contributed by atoms with Gasteiger partial charge in [0, 0.05) is 21.3 Å². The Balaban J connectivity index is 2.62. The lowest BCUT2D eigenvalue weighted by Gasteiger charge is -2.30. The fraction of sp³-hybridized carbons (Fsp3) is 0.800. The van der Waals surface area contributed by atoms with E-state index in [2.05, 4.69) is 0 Å². The topological polar surface area (TPSA) is 49.5 Å². The highest BCUT2D eigenvalue weighted by atomic mass is 28.4. The second-order valence-corrected chi connectivity index (χ2v) is 6.45. The SMILES string of the molecule is CC=CC(OCC1CO1)[Si](OC)(OC)OC.